The lowest BCUT2D eigenvalue weighted by Crippen LogP contribution is -2.42. The van der Waals surface area contributed by atoms with E-state index in [1.165, 1.54) is 31.3 Å². The van der Waals surface area contributed by atoms with Gasteiger partial charge in [-0.3, -0.25) is 0 Å². The second kappa shape index (κ2) is 7.66. The van der Waals surface area contributed by atoms with Gasteiger partial charge in [-0.05, 0) is 63.6 Å². The van der Waals surface area contributed by atoms with E-state index in [1.807, 2.05) is 6.92 Å². The van der Waals surface area contributed by atoms with Crippen molar-refractivity contribution in [1.82, 2.24) is 15.3 Å². The van der Waals surface area contributed by atoms with Crippen LogP contribution < -0.4 is 14.8 Å². The molecular formula is C21H24ClN3O4S. The molecule has 3 fully saturated rings. The number of aromatic nitrogens is 2. The van der Waals surface area contributed by atoms with E-state index < -0.39 is 9.84 Å². The summed E-state index contributed by atoms with van der Waals surface area (Å²) >= 11 is 6.33. The second-order valence-electron chi connectivity index (χ2n) is 8.40. The van der Waals surface area contributed by atoms with Crippen molar-refractivity contribution < 1.29 is 17.9 Å². The first-order chi connectivity index (χ1) is 14.4. The van der Waals surface area contributed by atoms with Crippen LogP contribution in [-0.4, -0.2) is 41.8 Å². The average Bonchev–Trinajstić information content (AvgIpc) is 3.52. The maximum atomic E-state index is 12.4. The fourth-order valence-electron chi connectivity index (χ4n) is 4.32. The highest BCUT2D eigenvalue weighted by atomic mass is 35.5. The third-order valence-electron chi connectivity index (χ3n) is 6.10. The van der Waals surface area contributed by atoms with Crippen LogP contribution in [0.5, 0.6) is 17.5 Å². The van der Waals surface area contributed by atoms with Crippen molar-refractivity contribution in [2.45, 2.75) is 73.8 Å². The summed E-state index contributed by atoms with van der Waals surface area (Å²) in [6, 6.07) is 5.60. The lowest BCUT2D eigenvalue weighted by molar-refractivity contribution is 0.130. The lowest BCUT2D eigenvalue weighted by Gasteiger charge is -2.29. The SMILES string of the molecule is Cc1c(Oc2ccc(S(=O)(=O)C3CC3)cc2Cl)ncnc1O[C@H]1CC2CC[C@@H](C1)N2. The summed E-state index contributed by atoms with van der Waals surface area (Å²) in [6.07, 6.45) is 7.30. The third-order valence-corrected chi connectivity index (χ3v) is 8.66. The van der Waals surface area contributed by atoms with E-state index in [1.54, 1.807) is 6.07 Å². The number of sulfone groups is 1. The summed E-state index contributed by atoms with van der Waals surface area (Å²) in [4.78, 5) is 8.74. The molecule has 3 atom stereocenters. The van der Waals surface area contributed by atoms with Crippen LogP contribution >= 0.6 is 11.6 Å². The summed E-state index contributed by atoms with van der Waals surface area (Å²) in [5.41, 5.74) is 0.689. The zero-order valence-corrected chi connectivity index (χ0v) is 18.2. The minimum Gasteiger partial charge on any atom is -0.474 e. The predicted octanol–water partition coefficient (Wildman–Crippen LogP) is 3.83. The molecule has 1 aromatic heterocycles. The molecule has 2 bridgehead atoms. The molecule has 9 heteroatoms. The van der Waals surface area contributed by atoms with Crippen LogP contribution in [0.3, 0.4) is 0 Å². The van der Waals surface area contributed by atoms with Crippen molar-refractivity contribution >= 4 is 21.4 Å². The molecule has 160 valence electrons. The highest BCUT2D eigenvalue weighted by molar-refractivity contribution is 7.92. The number of rotatable bonds is 6. The lowest BCUT2D eigenvalue weighted by atomic mass is 10.0. The molecular weight excluding hydrogens is 426 g/mol. The number of hydrogen-bond acceptors (Lipinski definition) is 7. The Kier molecular flexibility index (Phi) is 5.11. The molecule has 2 aliphatic heterocycles. The van der Waals surface area contributed by atoms with E-state index in [0.717, 1.165) is 12.8 Å². The standard InChI is InChI=1S/C21H24ClN3O4S/c1-12-20(28-15-8-13-2-3-14(9-15)25-13)23-11-24-21(12)29-19-7-6-17(10-18(19)22)30(26,27)16-4-5-16/h6-7,10-11,13-16,25H,2-5,8-9H2,1H3/t13-,14?,15+/m0/s1. The quantitative estimate of drug-likeness (QED) is 0.716. The van der Waals surface area contributed by atoms with Gasteiger partial charge in [-0.25, -0.2) is 18.4 Å². The van der Waals surface area contributed by atoms with Crippen LogP contribution in [0.25, 0.3) is 0 Å². The molecule has 1 N–H and O–H groups in total. The Morgan fingerprint density at radius 3 is 2.43 bits per heavy atom. The molecule has 7 nitrogen and oxygen atoms in total. The first-order valence-electron chi connectivity index (χ1n) is 10.4. The molecule has 2 aromatic rings. The summed E-state index contributed by atoms with van der Waals surface area (Å²) < 4.78 is 36.9. The van der Waals surface area contributed by atoms with Gasteiger partial charge in [0.25, 0.3) is 0 Å². The van der Waals surface area contributed by atoms with E-state index in [0.29, 0.717) is 48.0 Å². The maximum absolute atomic E-state index is 12.4. The van der Waals surface area contributed by atoms with Gasteiger partial charge in [-0.2, -0.15) is 0 Å². The monoisotopic (exact) mass is 449 g/mol. The van der Waals surface area contributed by atoms with Crippen molar-refractivity contribution in [2.24, 2.45) is 0 Å². The van der Waals surface area contributed by atoms with Crippen LogP contribution in [0.15, 0.2) is 29.4 Å². The van der Waals surface area contributed by atoms with Gasteiger partial charge in [0.1, 0.15) is 18.2 Å². The van der Waals surface area contributed by atoms with E-state index in [4.69, 9.17) is 21.1 Å². The molecule has 30 heavy (non-hydrogen) atoms. The molecule has 0 spiro atoms. The van der Waals surface area contributed by atoms with Gasteiger partial charge in [0.15, 0.2) is 9.84 Å². The first-order valence-corrected chi connectivity index (χ1v) is 12.3. The minimum atomic E-state index is -3.30. The highest BCUT2D eigenvalue weighted by Crippen LogP contribution is 2.38. The molecule has 3 heterocycles. The number of piperidine rings is 1. The molecule has 0 radical (unpaired) electrons. The molecule has 1 aromatic carbocycles. The Bertz CT molecular complexity index is 1060. The van der Waals surface area contributed by atoms with E-state index in [2.05, 4.69) is 15.3 Å². The molecule has 5 rings (SSSR count). The molecule has 3 aliphatic rings. The van der Waals surface area contributed by atoms with Gasteiger partial charge in [-0.15, -0.1) is 0 Å². The van der Waals surface area contributed by atoms with Crippen LogP contribution in [0, 0.1) is 6.92 Å². The zero-order valence-electron chi connectivity index (χ0n) is 16.7. The van der Waals surface area contributed by atoms with Crippen molar-refractivity contribution in [1.29, 1.82) is 0 Å². The van der Waals surface area contributed by atoms with Gasteiger partial charge >= 0.3 is 0 Å². The summed E-state index contributed by atoms with van der Waals surface area (Å²) in [7, 11) is -3.30. The molecule has 1 aliphatic carbocycles. The third kappa shape index (κ3) is 3.88. The first kappa shape index (κ1) is 20.0. The molecule has 0 amide bonds. The fourth-order valence-corrected chi connectivity index (χ4v) is 6.28. The summed E-state index contributed by atoms with van der Waals surface area (Å²) in [5.74, 6) is 1.20. The van der Waals surface area contributed by atoms with E-state index >= 15 is 0 Å². The van der Waals surface area contributed by atoms with Crippen molar-refractivity contribution in [2.75, 3.05) is 0 Å². The number of hydrogen-bond donors (Lipinski definition) is 1. The smallest absolute Gasteiger partial charge is 0.229 e. The number of benzene rings is 1. The number of fused-ring (bicyclic) bond motifs is 2. The number of halogens is 1. The van der Waals surface area contributed by atoms with Crippen LogP contribution in [0.4, 0.5) is 0 Å². The van der Waals surface area contributed by atoms with Crippen molar-refractivity contribution in [3.63, 3.8) is 0 Å². The van der Waals surface area contributed by atoms with E-state index in [9.17, 15) is 8.42 Å². The number of nitrogens with one attached hydrogen (secondary N) is 1. The molecule has 1 saturated carbocycles. The summed E-state index contributed by atoms with van der Waals surface area (Å²) in [5, 5.41) is 3.55. The predicted molar refractivity (Wildman–Crippen MR) is 112 cm³/mol. The average molecular weight is 450 g/mol. The largest absolute Gasteiger partial charge is 0.474 e. The van der Waals surface area contributed by atoms with Crippen LogP contribution in [0.2, 0.25) is 5.02 Å². The van der Waals surface area contributed by atoms with Gasteiger partial charge in [0, 0.05) is 12.1 Å². The molecule has 1 unspecified atom stereocenters. The second-order valence-corrected chi connectivity index (χ2v) is 11.0. The molecule has 2 saturated heterocycles. The van der Waals surface area contributed by atoms with Gasteiger partial charge in [0.05, 0.1) is 20.7 Å². The normalized spacial score (nSPS) is 25.9. The Hall–Kier alpha value is -1.90. The van der Waals surface area contributed by atoms with E-state index in [-0.39, 0.29) is 21.3 Å². The fraction of sp³-hybridized carbons (Fsp3) is 0.524. The maximum Gasteiger partial charge on any atom is 0.229 e. The topological polar surface area (TPSA) is 90.4 Å². The van der Waals surface area contributed by atoms with Crippen LogP contribution in [-0.2, 0) is 9.84 Å². The Balaban J connectivity index is 1.33. The minimum absolute atomic E-state index is 0.126. The van der Waals surface area contributed by atoms with Crippen molar-refractivity contribution in [3.8, 4) is 17.5 Å². The van der Waals surface area contributed by atoms with Gasteiger partial charge in [0.2, 0.25) is 11.8 Å². The number of nitrogens with zero attached hydrogens (tertiary/aromatic N) is 2. The van der Waals surface area contributed by atoms with Gasteiger partial charge in [-0.1, -0.05) is 11.6 Å². The Labute approximate surface area is 181 Å². The summed E-state index contributed by atoms with van der Waals surface area (Å²) in [6.45, 7) is 1.85. The Morgan fingerprint density at radius 1 is 1.07 bits per heavy atom. The van der Waals surface area contributed by atoms with Crippen LogP contribution in [0.1, 0.15) is 44.1 Å². The highest BCUT2D eigenvalue weighted by Gasteiger charge is 2.37. The Morgan fingerprint density at radius 2 is 1.77 bits per heavy atom. The number of ether oxygens (including phenoxy) is 2. The zero-order chi connectivity index (χ0) is 20.9. The van der Waals surface area contributed by atoms with Crippen molar-refractivity contribution in [3.05, 3.63) is 35.1 Å². The van der Waals surface area contributed by atoms with Gasteiger partial charge < -0.3 is 14.8 Å².